The second-order valence-corrected chi connectivity index (χ2v) is 5.09. The van der Waals surface area contributed by atoms with Crippen molar-refractivity contribution < 1.29 is 9.47 Å². The Kier molecular flexibility index (Phi) is 8.57. The van der Waals surface area contributed by atoms with E-state index in [0.29, 0.717) is 25.9 Å². The van der Waals surface area contributed by atoms with Gasteiger partial charge >= 0.3 is 0 Å². The van der Waals surface area contributed by atoms with Crippen LogP contribution in [0.15, 0.2) is 0 Å². The minimum absolute atomic E-state index is 0.387. The first-order chi connectivity index (χ1) is 10.2. The predicted octanol–water partition coefficient (Wildman–Crippen LogP) is 2.34. The standard InChI is InChI=1S/C16H31N3O2/c1-6-13(17-4)16-14(7-2)18-19(15(16)8-3)9-10-21-12-11-20-5/h13,17H,6-12H2,1-5H3. The van der Waals surface area contributed by atoms with E-state index >= 15 is 0 Å². The highest BCUT2D eigenvalue weighted by molar-refractivity contribution is 5.30. The minimum Gasteiger partial charge on any atom is -0.382 e. The van der Waals surface area contributed by atoms with E-state index in [9.17, 15) is 0 Å². The first kappa shape index (κ1) is 18.1. The van der Waals surface area contributed by atoms with Crippen LogP contribution in [0.4, 0.5) is 0 Å². The molecular weight excluding hydrogens is 266 g/mol. The Labute approximate surface area is 129 Å². The molecule has 0 fully saturated rings. The molecular formula is C16H31N3O2. The van der Waals surface area contributed by atoms with Gasteiger partial charge in [-0.05, 0) is 26.3 Å². The SMILES string of the molecule is CCc1nn(CCOCCOC)c(CC)c1C(CC)NC. The van der Waals surface area contributed by atoms with Gasteiger partial charge in [-0.1, -0.05) is 20.8 Å². The predicted molar refractivity (Wildman–Crippen MR) is 85.8 cm³/mol. The lowest BCUT2D eigenvalue weighted by atomic mass is 9.99. The van der Waals surface area contributed by atoms with Gasteiger partial charge in [0.1, 0.15) is 0 Å². The maximum absolute atomic E-state index is 5.57. The van der Waals surface area contributed by atoms with Gasteiger partial charge in [0.15, 0.2) is 0 Å². The zero-order valence-corrected chi connectivity index (χ0v) is 14.2. The molecule has 0 aliphatic rings. The van der Waals surface area contributed by atoms with Crippen LogP contribution in [0.5, 0.6) is 0 Å². The largest absolute Gasteiger partial charge is 0.382 e. The average Bonchev–Trinajstić information content (AvgIpc) is 2.86. The van der Waals surface area contributed by atoms with Gasteiger partial charge in [-0.15, -0.1) is 0 Å². The van der Waals surface area contributed by atoms with Crippen molar-refractivity contribution in [2.75, 3.05) is 34.0 Å². The van der Waals surface area contributed by atoms with Gasteiger partial charge in [0.25, 0.3) is 0 Å². The van der Waals surface area contributed by atoms with E-state index < -0.39 is 0 Å². The Balaban J connectivity index is 2.84. The zero-order chi connectivity index (χ0) is 15.7. The molecule has 1 heterocycles. The van der Waals surface area contributed by atoms with E-state index in [1.807, 2.05) is 7.05 Å². The summed E-state index contributed by atoms with van der Waals surface area (Å²) in [4.78, 5) is 0. The molecule has 0 amide bonds. The Hall–Kier alpha value is -0.910. The van der Waals surface area contributed by atoms with Crippen LogP contribution in [0.2, 0.25) is 0 Å². The molecule has 0 saturated carbocycles. The van der Waals surface area contributed by atoms with Crippen LogP contribution in [-0.4, -0.2) is 43.8 Å². The first-order valence-corrected chi connectivity index (χ1v) is 8.05. The molecule has 0 bridgehead atoms. The summed E-state index contributed by atoms with van der Waals surface area (Å²) in [6.07, 6.45) is 3.04. The van der Waals surface area contributed by atoms with E-state index in [1.165, 1.54) is 17.0 Å². The number of nitrogens with one attached hydrogen (secondary N) is 1. The van der Waals surface area contributed by atoms with E-state index in [4.69, 9.17) is 14.6 Å². The smallest absolute Gasteiger partial charge is 0.0701 e. The van der Waals surface area contributed by atoms with Crippen molar-refractivity contribution in [1.82, 2.24) is 15.1 Å². The lowest BCUT2D eigenvalue weighted by Crippen LogP contribution is -2.18. The van der Waals surface area contributed by atoms with E-state index in [-0.39, 0.29) is 0 Å². The number of hydrogen-bond acceptors (Lipinski definition) is 4. The summed E-state index contributed by atoms with van der Waals surface area (Å²) in [7, 11) is 3.72. The van der Waals surface area contributed by atoms with Crippen molar-refractivity contribution in [3.63, 3.8) is 0 Å². The number of ether oxygens (including phenoxy) is 2. The highest BCUT2D eigenvalue weighted by Crippen LogP contribution is 2.25. The van der Waals surface area contributed by atoms with Gasteiger partial charge < -0.3 is 14.8 Å². The van der Waals surface area contributed by atoms with Crippen LogP contribution in [0, 0.1) is 0 Å². The van der Waals surface area contributed by atoms with Crippen LogP contribution >= 0.6 is 0 Å². The number of methoxy groups -OCH3 is 1. The Morgan fingerprint density at radius 3 is 2.43 bits per heavy atom. The maximum Gasteiger partial charge on any atom is 0.0701 e. The third-order valence-electron chi connectivity index (χ3n) is 3.83. The van der Waals surface area contributed by atoms with Gasteiger partial charge in [0.2, 0.25) is 0 Å². The number of aryl methyl sites for hydroxylation is 1. The van der Waals surface area contributed by atoms with Crippen molar-refractivity contribution in [1.29, 1.82) is 0 Å². The summed E-state index contributed by atoms with van der Waals surface area (Å²) in [5.74, 6) is 0. The Morgan fingerprint density at radius 1 is 1.14 bits per heavy atom. The van der Waals surface area contributed by atoms with Crippen molar-refractivity contribution in [2.24, 2.45) is 0 Å². The number of nitrogens with zero attached hydrogens (tertiary/aromatic N) is 2. The third-order valence-corrected chi connectivity index (χ3v) is 3.83. The fraction of sp³-hybridized carbons (Fsp3) is 0.812. The fourth-order valence-corrected chi connectivity index (χ4v) is 2.73. The second-order valence-electron chi connectivity index (χ2n) is 5.09. The van der Waals surface area contributed by atoms with Crippen LogP contribution in [0.1, 0.15) is 50.2 Å². The summed E-state index contributed by atoms with van der Waals surface area (Å²) < 4.78 is 12.7. The van der Waals surface area contributed by atoms with E-state index in [0.717, 1.165) is 25.8 Å². The molecule has 1 N–H and O–H groups in total. The molecule has 1 aromatic rings. The van der Waals surface area contributed by atoms with Gasteiger partial charge in [-0.2, -0.15) is 5.10 Å². The summed E-state index contributed by atoms with van der Waals surface area (Å²) in [6, 6.07) is 0.387. The molecule has 0 radical (unpaired) electrons. The lowest BCUT2D eigenvalue weighted by molar-refractivity contribution is 0.0651. The molecule has 0 spiro atoms. The fourth-order valence-electron chi connectivity index (χ4n) is 2.73. The summed E-state index contributed by atoms with van der Waals surface area (Å²) in [5.41, 5.74) is 3.94. The molecule has 21 heavy (non-hydrogen) atoms. The van der Waals surface area contributed by atoms with Crippen molar-refractivity contribution in [3.8, 4) is 0 Å². The van der Waals surface area contributed by atoms with Gasteiger partial charge in [0, 0.05) is 24.4 Å². The Bertz CT molecular complexity index is 400. The third kappa shape index (κ3) is 4.80. The van der Waals surface area contributed by atoms with Crippen molar-refractivity contribution >= 4 is 0 Å². The molecule has 0 aliphatic carbocycles. The number of rotatable bonds is 11. The summed E-state index contributed by atoms with van der Waals surface area (Å²) >= 11 is 0. The Morgan fingerprint density at radius 2 is 1.90 bits per heavy atom. The van der Waals surface area contributed by atoms with E-state index in [1.54, 1.807) is 7.11 Å². The van der Waals surface area contributed by atoms with E-state index in [2.05, 4.69) is 30.8 Å². The van der Waals surface area contributed by atoms with Crippen LogP contribution in [0.25, 0.3) is 0 Å². The topological polar surface area (TPSA) is 48.3 Å². The van der Waals surface area contributed by atoms with Crippen LogP contribution in [0.3, 0.4) is 0 Å². The monoisotopic (exact) mass is 297 g/mol. The first-order valence-electron chi connectivity index (χ1n) is 8.05. The van der Waals surface area contributed by atoms with Gasteiger partial charge in [-0.25, -0.2) is 0 Å². The normalized spacial score (nSPS) is 12.8. The van der Waals surface area contributed by atoms with Gasteiger partial charge in [0.05, 0.1) is 32.1 Å². The number of aromatic nitrogens is 2. The second kappa shape index (κ2) is 9.92. The molecule has 1 atom stereocenters. The van der Waals surface area contributed by atoms with Gasteiger partial charge in [-0.3, -0.25) is 4.68 Å². The van der Waals surface area contributed by atoms with Crippen LogP contribution in [-0.2, 0) is 28.9 Å². The molecule has 1 aromatic heterocycles. The molecule has 0 aliphatic heterocycles. The van der Waals surface area contributed by atoms with Crippen molar-refractivity contribution in [2.45, 2.75) is 52.6 Å². The minimum atomic E-state index is 0.387. The molecule has 0 aromatic carbocycles. The maximum atomic E-state index is 5.57. The number of hydrogen-bond donors (Lipinski definition) is 1. The highest BCUT2D eigenvalue weighted by atomic mass is 16.5. The lowest BCUT2D eigenvalue weighted by Gasteiger charge is -2.16. The molecule has 1 rings (SSSR count). The molecule has 1 unspecified atom stereocenters. The quantitative estimate of drug-likeness (QED) is 0.637. The molecule has 5 heteroatoms. The average molecular weight is 297 g/mol. The molecule has 0 saturated heterocycles. The molecule has 122 valence electrons. The highest BCUT2D eigenvalue weighted by Gasteiger charge is 2.21. The summed E-state index contributed by atoms with van der Waals surface area (Å²) in [5, 5.41) is 8.21. The molecule has 5 nitrogen and oxygen atoms in total. The van der Waals surface area contributed by atoms with Crippen LogP contribution < -0.4 is 5.32 Å². The zero-order valence-electron chi connectivity index (χ0n) is 14.2. The van der Waals surface area contributed by atoms with Crippen molar-refractivity contribution in [3.05, 3.63) is 17.0 Å². The summed E-state index contributed by atoms with van der Waals surface area (Å²) in [6.45, 7) is 9.35.